The van der Waals surface area contributed by atoms with E-state index in [-0.39, 0.29) is 0 Å². The fourth-order valence-corrected chi connectivity index (χ4v) is 3.97. The molecule has 1 fully saturated rings. The minimum absolute atomic E-state index is 0.490. The van der Waals surface area contributed by atoms with Gasteiger partial charge >= 0.3 is 0 Å². The van der Waals surface area contributed by atoms with Crippen molar-refractivity contribution in [2.24, 2.45) is 0 Å². The second-order valence-electron chi connectivity index (χ2n) is 6.61. The third kappa shape index (κ3) is 3.30. The molecular formula is C19H20Cl2N3+. The summed E-state index contributed by atoms with van der Waals surface area (Å²) >= 11 is 12.2. The average Bonchev–Trinajstić information content (AvgIpc) is 3.03. The molecule has 124 valence electrons. The number of quaternary nitrogens is 1. The molecule has 1 aliphatic rings. The van der Waals surface area contributed by atoms with Crippen LogP contribution in [0.25, 0.3) is 11.0 Å². The second kappa shape index (κ2) is 6.75. The van der Waals surface area contributed by atoms with Crippen LogP contribution in [-0.4, -0.2) is 23.1 Å². The van der Waals surface area contributed by atoms with Crippen molar-refractivity contribution in [1.82, 2.24) is 9.97 Å². The molecule has 0 radical (unpaired) electrons. The summed E-state index contributed by atoms with van der Waals surface area (Å²) < 4.78 is 0. The summed E-state index contributed by atoms with van der Waals surface area (Å²) in [6, 6.07) is 14.2. The minimum atomic E-state index is 0.490. The summed E-state index contributed by atoms with van der Waals surface area (Å²) in [4.78, 5) is 9.87. The van der Waals surface area contributed by atoms with Crippen LogP contribution in [0.5, 0.6) is 0 Å². The van der Waals surface area contributed by atoms with E-state index in [4.69, 9.17) is 28.2 Å². The third-order valence-electron chi connectivity index (χ3n) is 4.85. The van der Waals surface area contributed by atoms with Gasteiger partial charge in [-0.2, -0.15) is 0 Å². The van der Waals surface area contributed by atoms with Gasteiger partial charge in [0, 0.05) is 5.56 Å². The van der Waals surface area contributed by atoms with Crippen LogP contribution in [0, 0.1) is 0 Å². The molecule has 1 saturated heterocycles. The van der Waals surface area contributed by atoms with Crippen LogP contribution in [-0.2, 0) is 6.54 Å². The van der Waals surface area contributed by atoms with Crippen LogP contribution in [0.2, 0.25) is 10.0 Å². The smallest absolute Gasteiger partial charge is 0.116 e. The van der Waals surface area contributed by atoms with Gasteiger partial charge in [0.2, 0.25) is 0 Å². The SMILES string of the molecule is Clc1ccc(C[NH+]2CCC[C@H](c3nc4ccccc4[nH]3)C2)cc1Cl. The van der Waals surface area contributed by atoms with Gasteiger partial charge in [0.1, 0.15) is 12.4 Å². The molecule has 24 heavy (non-hydrogen) atoms. The summed E-state index contributed by atoms with van der Waals surface area (Å²) in [5.41, 5.74) is 3.43. The van der Waals surface area contributed by atoms with Crippen LogP contribution in [0.1, 0.15) is 30.1 Å². The Hall–Kier alpha value is -1.55. The van der Waals surface area contributed by atoms with E-state index in [9.17, 15) is 0 Å². The Morgan fingerprint density at radius 1 is 1.12 bits per heavy atom. The van der Waals surface area contributed by atoms with Crippen molar-refractivity contribution >= 4 is 34.2 Å². The minimum Gasteiger partial charge on any atom is -0.342 e. The highest BCUT2D eigenvalue weighted by atomic mass is 35.5. The lowest BCUT2D eigenvalue weighted by Gasteiger charge is -2.29. The van der Waals surface area contributed by atoms with Crippen LogP contribution in [0.4, 0.5) is 0 Å². The first kappa shape index (κ1) is 15.9. The molecule has 0 spiro atoms. The van der Waals surface area contributed by atoms with Crippen molar-refractivity contribution in [1.29, 1.82) is 0 Å². The maximum Gasteiger partial charge on any atom is 0.116 e. The zero-order chi connectivity index (χ0) is 16.5. The number of hydrogen-bond donors (Lipinski definition) is 2. The molecule has 4 rings (SSSR count). The number of fused-ring (bicyclic) bond motifs is 1. The van der Waals surface area contributed by atoms with Crippen molar-refractivity contribution in [3.05, 3.63) is 63.9 Å². The maximum absolute atomic E-state index is 6.15. The van der Waals surface area contributed by atoms with Crippen LogP contribution in [0.15, 0.2) is 42.5 Å². The van der Waals surface area contributed by atoms with Crippen molar-refractivity contribution in [3.63, 3.8) is 0 Å². The van der Waals surface area contributed by atoms with E-state index in [2.05, 4.69) is 23.2 Å². The van der Waals surface area contributed by atoms with E-state index in [1.807, 2.05) is 24.3 Å². The number of piperidine rings is 1. The van der Waals surface area contributed by atoms with Crippen molar-refractivity contribution in [2.75, 3.05) is 13.1 Å². The quantitative estimate of drug-likeness (QED) is 0.730. The number of H-pyrrole nitrogens is 1. The fraction of sp³-hybridized carbons (Fsp3) is 0.316. The molecule has 0 amide bonds. The van der Waals surface area contributed by atoms with Crippen molar-refractivity contribution < 1.29 is 4.90 Å². The van der Waals surface area contributed by atoms with Gasteiger partial charge in [-0.1, -0.05) is 41.4 Å². The van der Waals surface area contributed by atoms with Crippen molar-refractivity contribution in [3.8, 4) is 0 Å². The number of halogens is 2. The van der Waals surface area contributed by atoms with Gasteiger partial charge in [-0.15, -0.1) is 0 Å². The van der Waals surface area contributed by atoms with Gasteiger partial charge in [-0.05, 0) is 37.1 Å². The molecule has 0 aliphatic carbocycles. The van der Waals surface area contributed by atoms with E-state index in [0.29, 0.717) is 16.0 Å². The molecule has 2 N–H and O–H groups in total. The number of benzene rings is 2. The normalized spacial score (nSPS) is 21.2. The molecule has 2 atom stereocenters. The van der Waals surface area contributed by atoms with Gasteiger partial charge in [0.15, 0.2) is 0 Å². The molecule has 0 bridgehead atoms. The van der Waals surface area contributed by atoms with Gasteiger partial charge in [0.25, 0.3) is 0 Å². The van der Waals surface area contributed by atoms with E-state index >= 15 is 0 Å². The summed E-state index contributed by atoms with van der Waals surface area (Å²) in [6.07, 6.45) is 2.42. The second-order valence-corrected chi connectivity index (χ2v) is 7.42. The maximum atomic E-state index is 6.15. The zero-order valence-electron chi connectivity index (χ0n) is 13.4. The summed E-state index contributed by atoms with van der Waals surface area (Å²) in [7, 11) is 0. The molecule has 1 aromatic heterocycles. The number of nitrogens with zero attached hydrogens (tertiary/aromatic N) is 1. The first-order valence-corrected chi connectivity index (χ1v) is 9.17. The molecule has 5 heteroatoms. The van der Waals surface area contributed by atoms with E-state index in [0.717, 1.165) is 29.9 Å². The monoisotopic (exact) mass is 360 g/mol. The Morgan fingerprint density at radius 3 is 2.83 bits per heavy atom. The van der Waals surface area contributed by atoms with Gasteiger partial charge in [0.05, 0.1) is 40.1 Å². The molecule has 3 aromatic rings. The lowest BCUT2D eigenvalue weighted by atomic mass is 9.97. The standard InChI is InChI=1S/C19H19Cl2N3/c20-15-8-7-13(10-16(15)21)11-24-9-3-4-14(12-24)19-22-17-5-1-2-6-18(17)23-19/h1-2,5-8,10,14H,3-4,9,11-12H2,(H,22,23)/p+1/t14-/m0/s1. The number of rotatable bonds is 3. The number of para-hydroxylation sites is 2. The zero-order valence-corrected chi connectivity index (χ0v) is 14.9. The lowest BCUT2D eigenvalue weighted by molar-refractivity contribution is -0.920. The molecule has 3 nitrogen and oxygen atoms in total. The van der Waals surface area contributed by atoms with Crippen LogP contribution < -0.4 is 4.90 Å². The van der Waals surface area contributed by atoms with Gasteiger partial charge in [-0.3, -0.25) is 0 Å². The van der Waals surface area contributed by atoms with Crippen LogP contribution in [0.3, 0.4) is 0 Å². The molecule has 0 saturated carbocycles. The first-order chi connectivity index (χ1) is 11.7. The summed E-state index contributed by atoms with van der Waals surface area (Å²) in [6.45, 7) is 3.27. The number of aromatic nitrogens is 2. The number of nitrogens with one attached hydrogen (secondary N) is 2. The number of likely N-dealkylation sites (tertiary alicyclic amines) is 1. The van der Waals surface area contributed by atoms with E-state index in [1.165, 1.54) is 24.9 Å². The summed E-state index contributed by atoms with van der Waals surface area (Å²) in [5.74, 6) is 1.62. The van der Waals surface area contributed by atoms with E-state index < -0.39 is 0 Å². The highest BCUT2D eigenvalue weighted by molar-refractivity contribution is 6.42. The molecule has 2 heterocycles. The van der Waals surface area contributed by atoms with Crippen molar-refractivity contribution in [2.45, 2.75) is 25.3 Å². The third-order valence-corrected chi connectivity index (χ3v) is 5.59. The predicted octanol–water partition coefficient (Wildman–Crippen LogP) is 3.83. The average molecular weight is 361 g/mol. The molecule has 1 aliphatic heterocycles. The molecular weight excluding hydrogens is 341 g/mol. The largest absolute Gasteiger partial charge is 0.342 e. The van der Waals surface area contributed by atoms with E-state index in [1.54, 1.807) is 4.90 Å². The highest BCUT2D eigenvalue weighted by Gasteiger charge is 2.26. The first-order valence-electron chi connectivity index (χ1n) is 8.41. The van der Waals surface area contributed by atoms with Gasteiger partial charge in [-0.25, -0.2) is 4.98 Å². The molecule has 2 aromatic carbocycles. The Bertz CT molecular complexity index is 826. The lowest BCUT2D eigenvalue weighted by Crippen LogP contribution is -3.12. The number of aromatic amines is 1. The summed E-state index contributed by atoms with van der Waals surface area (Å²) in [5, 5.41) is 1.26. The highest BCUT2D eigenvalue weighted by Crippen LogP contribution is 2.24. The number of hydrogen-bond acceptors (Lipinski definition) is 1. The number of imidazole rings is 1. The topological polar surface area (TPSA) is 33.1 Å². The molecule has 1 unspecified atom stereocenters. The Kier molecular flexibility index (Phi) is 4.49. The Labute approximate surface area is 151 Å². The van der Waals surface area contributed by atoms with Gasteiger partial charge < -0.3 is 9.88 Å². The Morgan fingerprint density at radius 2 is 2.00 bits per heavy atom. The van der Waals surface area contributed by atoms with Crippen LogP contribution >= 0.6 is 23.2 Å². The fourth-order valence-electron chi connectivity index (χ4n) is 3.65. The Balaban J connectivity index is 1.49. The predicted molar refractivity (Wildman–Crippen MR) is 98.9 cm³/mol.